The van der Waals surface area contributed by atoms with E-state index in [9.17, 15) is 4.79 Å². The molecule has 1 amide bonds. The highest BCUT2D eigenvalue weighted by Gasteiger charge is 2.22. The number of carbonyl (C=O) groups excluding carboxylic acids is 1. The van der Waals surface area contributed by atoms with Gasteiger partial charge in [-0.05, 0) is 36.4 Å². The molecule has 1 aliphatic heterocycles. The van der Waals surface area contributed by atoms with Crippen molar-refractivity contribution in [2.24, 2.45) is 0 Å². The third kappa shape index (κ3) is 2.97. The van der Waals surface area contributed by atoms with Gasteiger partial charge in [0.05, 0.1) is 17.7 Å². The van der Waals surface area contributed by atoms with Gasteiger partial charge >= 0.3 is 0 Å². The highest BCUT2D eigenvalue weighted by Crippen LogP contribution is 2.42. The molecule has 6 heteroatoms. The molecule has 25 heavy (non-hydrogen) atoms. The van der Waals surface area contributed by atoms with Gasteiger partial charge in [-0.1, -0.05) is 23.7 Å². The molecular weight excluding hydrogens is 358 g/mol. The van der Waals surface area contributed by atoms with Crippen LogP contribution < -0.4 is 14.8 Å². The van der Waals surface area contributed by atoms with Crippen LogP contribution in [0.2, 0.25) is 5.02 Å². The van der Waals surface area contributed by atoms with Crippen molar-refractivity contribution in [1.29, 1.82) is 0 Å². The molecule has 0 aliphatic carbocycles. The first-order valence-corrected chi connectivity index (χ1v) is 8.85. The summed E-state index contributed by atoms with van der Waals surface area (Å²) in [7, 11) is 1.55. The predicted octanol–water partition coefficient (Wildman–Crippen LogP) is 5.22. The minimum Gasteiger partial charge on any atom is -0.495 e. The maximum Gasteiger partial charge on any atom is 0.265 e. The number of methoxy groups -OCH3 is 1. The first-order valence-electron chi connectivity index (χ1n) is 7.65. The van der Waals surface area contributed by atoms with Crippen molar-refractivity contribution in [2.75, 3.05) is 12.4 Å². The van der Waals surface area contributed by atoms with Crippen LogP contribution in [0.1, 0.15) is 15.2 Å². The van der Waals surface area contributed by atoms with Gasteiger partial charge in [-0.25, -0.2) is 0 Å². The van der Waals surface area contributed by atoms with Gasteiger partial charge in [0, 0.05) is 21.0 Å². The van der Waals surface area contributed by atoms with Crippen molar-refractivity contribution in [2.45, 2.75) is 6.61 Å². The summed E-state index contributed by atoms with van der Waals surface area (Å²) in [6, 6.07) is 14.8. The Labute approximate surface area is 154 Å². The Morgan fingerprint density at radius 1 is 1.24 bits per heavy atom. The molecule has 0 saturated carbocycles. The number of para-hydroxylation sites is 1. The maximum absolute atomic E-state index is 12.7. The van der Waals surface area contributed by atoms with Crippen LogP contribution in [0.3, 0.4) is 0 Å². The summed E-state index contributed by atoms with van der Waals surface area (Å²) in [6.45, 7) is 0.469. The van der Waals surface area contributed by atoms with Crippen LogP contribution in [0.15, 0.2) is 48.5 Å². The second-order valence-electron chi connectivity index (χ2n) is 5.55. The van der Waals surface area contributed by atoms with E-state index in [1.54, 1.807) is 25.3 Å². The lowest BCUT2D eigenvalue weighted by atomic mass is 10.1. The normalized spacial score (nSPS) is 11.9. The zero-order valence-electron chi connectivity index (χ0n) is 13.3. The second-order valence-corrected chi connectivity index (χ2v) is 7.04. The quantitative estimate of drug-likeness (QED) is 0.686. The molecule has 1 N–H and O–H groups in total. The molecule has 0 spiro atoms. The number of halogens is 1. The molecule has 4 rings (SSSR count). The number of rotatable bonds is 3. The molecule has 0 saturated heterocycles. The van der Waals surface area contributed by atoms with E-state index in [4.69, 9.17) is 21.1 Å². The third-order valence-corrected chi connectivity index (χ3v) is 5.40. The average Bonchev–Trinajstić information content (AvgIpc) is 3.07. The van der Waals surface area contributed by atoms with E-state index < -0.39 is 0 Å². The number of anilines is 1. The largest absolute Gasteiger partial charge is 0.495 e. The fraction of sp³-hybridized carbons (Fsp3) is 0.105. The van der Waals surface area contributed by atoms with E-state index in [1.165, 1.54) is 11.3 Å². The highest BCUT2D eigenvalue weighted by molar-refractivity contribution is 7.17. The maximum atomic E-state index is 12.7. The lowest BCUT2D eigenvalue weighted by molar-refractivity contribution is 0.103. The standard InChI is InChI=1S/C19H14ClNO3S/c1-23-16-7-6-12(20)9-14(16)21-19(22)17-8-11-10-24-15-5-3-2-4-13(15)18(11)25-17/h2-9H,10H2,1H3,(H,21,22). The number of nitrogens with one attached hydrogen (secondary N) is 1. The number of benzene rings is 2. The van der Waals surface area contributed by atoms with Gasteiger partial charge in [0.15, 0.2) is 0 Å². The van der Waals surface area contributed by atoms with Crippen molar-refractivity contribution in [3.63, 3.8) is 0 Å². The van der Waals surface area contributed by atoms with E-state index in [2.05, 4.69) is 5.32 Å². The molecular formula is C19H14ClNO3S. The third-order valence-electron chi connectivity index (χ3n) is 3.96. The lowest BCUT2D eigenvalue weighted by Gasteiger charge is -2.16. The Balaban J connectivity index is 1.65. The van der Waals surface area contributed by atoms with Crippen molar-refractivity contribution in [3.8, 4) is 21.9 Å². The zero-order valence-corrected chi connectivity index (χ0v) is 14.9. The van der Waals surface area contributed by atoms with Gasteiger partial charge in [0.2, 0.25) is 0 Å². The van der Waals surface area contributed by atoms with Crippen LogP contribution in [0, 0.1) is 0 Å². The fourth-order valence-corrected chi connectivity index (χ4v) is 4.04. The number of hydrogen-bond acceptors (Lipinski definition) is 4. The van der Waals surface area contributed by atoms with E-state index in [-0.39, 0.29) is 5.91 Å². The fourth-order valence-electron chi connectivity index (χ4n) is 2.77. The number of carbonyl (C=O) groups is 1. The molecule has 0 bridgehead atoms. The number of ether oxygens (including phenoxy) is 2. The van der Waals surface area contributed by atoms with Crippen LogP contribution in [0.25, 0.3) is 10.4 Å². The molecule has 1 aliphatic rings. The highest BCUT2D eigenvalue weighted by atomic mass is 35.5. The van der Waals surface area contributed by atoms with E-state index in [1.807, 2.05) is 30.3 Å². The van der Waals surface area contributed by atoms with E-state index in [0.717, 1.165) is 21.8 Å². The molecule has 0 fully saturated rings. The Kier molecular flexibility index (Phi) is 4.11. The lowest BCUT2D eigenvalue weighted by Crippen LogP contribution is -2.11. The Morgan fingerprint density at radius 3 is 2.92 bits per heavy atom. The average molecular weight is 372 g/mol. The Hall–Kier alpha value is -2.50. The number of hydrogen-bond donors (Lipinski definition) is 1. The van der Waals surface area contributed by atoms with Crippen LogP contribution in [0.5, 0.6) is 11.5 Å². The van der Waals surface area contributed by atoms with Crippen LogP contribution >= 0.6 is 22.9 Å². The van der Waals surface area contributed by atoms with Gasteiger partial charge in [-0.3, -0.25) is 4.79 Å². The minimum absolute atomic E-state index is 0.197. The van der Waals surface area contributed by atoms with Crippen molar-refractivity contribution in [1.82, 2.24) is 0 Å². The number of fused-ring (bicyclic) bond motifs is 3. The molecule has 0 radical (unpaired) electrons. The summed E-state index contributed by atoms with van der Waals surface area (Å²) < 4.78 is 11.0. The molecule has 3 aromatic rings. The molecule has 126 valence electrons. The van der Waals surface area contributed by atoms with Crippen molar-refractivity contribution >= 4 is 34.5 Å². The van der Waals surface area contributed by atoms with Gasteiger partial charge in [0.1, 0.15) is 18.1 Å². The summed E-state index contributed by atoms with van der Waals surface area (Å²) in [5, 5.41) is 3.40. The van der Waals surface area contributed by atoms with Gasteiger partial charge in [-0.15, -0.1) is 11.3 Å². The monoisotopic (exact) mass is 371 g/mol. The molecule has 1 aromatic heterocycles. The van der Waals surface area contributed by atoms with Crippen molar-refractivity contribution in [3.05, 3.63) is 64.0 Å². The van der Waals surface area contributed by atoms with Gasteiger partial charge in [0.25, 0.3) is 5.91 Å². The summed E-state index contributed by atoms with van der Waals surface area (Å²) in [4.78, 5) is 14.4. The van der Waals surface area contributed by atoms with Gasteiger partial charge < -0.3 is 14.8 Å². The molecule has 4 nitrogen and oxygen atoms in total. The summed E-state index contributed by atoms with van der Waals surface area (Å²) in [5.41, 5.74) is 2.59. The van der Waals surface area contributed by atoms with Crippen molar-refractivity contribution < 1.29 is 14.3 Å². The Morgan fingerprint density at radius 2 is 2.08 bits per heavy atom. The topological polar surface area (TPSA) is 47.6 Å². The molecule has 2 heterocycles. The number of thiophene rings is 1. The smallest absolute Gasteiger partial charge is 0.265 e. The van der Waals surface area contributed by atoms with E-state index >= 15 is 0 Å². The van der Waals surface area contributed by atoms with Crippen LogP contribution in [0.4, 0.5) is 5.69 Å². The second kappa shape index (κ2) is 6.43. The predicted molar refractivity (Wildman–Crippen MR) is 100 cm³/mol. The molecule has 0 atom stereocenters. The summed E-state index contributed by atoms with van der Waals surface area (Å²) in [6.07, 6.45) is 0. The SMILES string of the molecule is COc1ccc(Cl)cc1NC(=O)c1cc2c(s1)-c1ccccc1OC2. The van der Waals surface area contributed by atoms with E-state index in [0.29, 0.717) is 27.9 Å². The zero-order chi connectivity index (χ0) is 17.4. The first kappa shape index (κ1) is 16.0. The minimum atomic E-state index is -0.197. The molecule has 0 unspecified atom stereocenters. The summed E-state index contributed by atoms with van der Waals surface area (Å²) >= 11 is 7.48. The molecule has 2 aromatic carbocycles. The number of amides is 1. The van der Waals surface area contributed by atoms with Crippen LogP contribution in [-0.2, 0) is 6.61 Å². The van der Waals surface area contributed by atoms with Crippen LogP contribution in [-0.4, -0.2) is 13.0 Å². The summed E-state index contributed by atoms with van der Waals surface area (Å²) in [5.74, 6) is 1.21. The first-order chi connectivity index (χ1) is 12.2. The Bertz CT molecular complexity index is 967. The van der Waals surface area contributed by atoms with Gasteiger partial charge in [-0.2, -0.15) is 0 Å².